The Hall–Kier alpha value is -1.10. The van der Waals surface area contributed by atoms with Crippen LogP contribution in [0.15, 0.2) is 23.7 Å². The van der Waals surface area contributed by atoms with E-state index in [0.29, 0.717) is 0 Å². The van der Waals surface area contributed by atoms with E-state index in [-0.39, 0.29) is 6.04 Å². The highest BCUT2D eigenvalue weighted by molar-refractivity contribution is 7.09. The summed E-state index contributed by atoms with van der Waals surface area (Å²) in [6.45, 7) is 4.97. The zero-order valence-corrected chi connectivity index (χ0v) is 14.3. The molecule has 0 spiro atoms. The monoisotopic (exact) mass is 323 g/mol. The Morgan fingerprint density at radius 1 is 1.43 bits per heavy atom. The fraction of sp³-hybridized carbons (Fsp3) is 0.438. The minimum Gasteiger partial charge on any atom is -0.368 e. The van der Waals surface area contributed by atoms with Gasteiger partial charge in [-0.2, -0.15) is 0 Å². The number of nitrogens with two attached hydrogens (primary N) is 1. The van der Waals surface area contributed by atoms with Crippen molar-refractivity contribution in [3.8, 4) is 0 Å². The van der Waals surface area contributed by atoms with E-state index in [4.69, 9.17) is 17.3 Å². The molecule has 0 aliphatic heterocycles. The van der Waals surface area contributed by atoms with E-state index < -0.39 is 0 Å². The summed E-state index contributed by atoms with van der Waals surface area (Å²) in [5, 5.41) is 0.778. The predicted octanol–water partition coefficient (Wildman–Crippen LogP) is 4.02. The Balaban J connectivity index is 2.26. The largest absolute Gasteiger partial charge is 0.368 e. The first kappa shape index (κ1) is 16.3. The second-order valence-electron chi connectivity index (χ2n) is 5.34. The third-order valence-corrected chi connectivity index (χ3v) is 4.91. The Labute approximate surface area is 135 Å². The molecule has 3 nitrogen and oxygen atoms in total. The summed E-state index contributed by atoms with van der Waals surface area (Å²) in [4.78, 5) is 7.77. The lowest BCUT2D eigenvalue weighted by molar-refractivity contribution is 0.645. The topological polar surface area (TPSA) is 42.1 Å². The molecular weight excluding hydrogens is 302 g/mol. The lowest BCUT2D eigenvalue weighted by atomic mass is 10.0. The van der Waals surface area contributed by atoms with Crippen LogP contribution >= 0.6 is 22.9 Å². The number of hydrogen-bond donors (Lipinski definition) is 1. The summed E-state index contributed by atoms with van der Waals surface area (Å²) in [6, 6.07) is 6.22. The normalized spacial score (nSPS) is 12.4. The lowest BCUT2D eigenvalue weighted by Crippen LogP contribution is -2.24. The van der Waals surface area contributed by atoms with Crippen molar-refractivity contribution in [2.45, 2.75) is 39.3 Å². The molecule has 0 saturated carbocycles. The Kier molecular flexibility index (Phi) is 5.62. The lowest BCUT2D eigenvalue weighted by Gasteiger charge is -2.24. The highest BCUT2D eigenvalue weighted by Gasteiger charge is 2.15. The quantitative estimate of drug-likeness (QED) is 0.873. The zero-order valence-electron chi connectivity index (χ0n) is 12.8. The van der Waals surface area contributed by atoms with E-state index in [1.54, 1.807) is 11.3 Å². The van der Waals surface area contributed by atoms with Gasteiger partial charge in [0.05, 0.1) is 28.5 Å². The molecule has 0 aliphatic carbocycles. The van der Waals surface area contributed by atoms with Crippen molar-refractivity contribution in [2.24, 2.45) is 5.73 Å². The number of nitrogens with zero attached hydrogens (tertiary/aromatic N) is 2. The van der Waals surface area contributed by atoms with E-state index in [2.05, 4.69) is 29.9 Å². The van der Waals surface area contributed by atoms with Crippen molar-refractivity contribution in [3.05, 3.63) is 44.9 Å². The zero-order chi connectivity index (χ0) is 15.4. The second kappa shape index (κ2) is 7.25. The summed E-state index contributed by atoms with van der Waals surface area (Å²) in [5.41, 5.74) is 11.4. The average molecular weight is 324 g/mol. The summed E-state index contributed by atoms with van der Waals surface area (Å²) >= 11 is 8.12. The number of halogens is 1. The van der Waals surface area contributed by atoms with Crippen molar-refractivity contribution in [2.75, 3.05) is 11.9 Å². The summed E-state index contributed by atoms with van der Waals surface area (Å²) < 4.78 is 0. The second-order valence-corrected chi connectivity index (χ2v) is 6.68. The standard InChI is InChI=1S/C16H22ClN3S/c1-4-13(18)8-12-6-5-7-14(17)16(12)20(3)9-15-11(2)19-10-21-15/h5-7,10,13H,4,8-9,18H2,1-3H3. The molecule has 0 aliphatic rings. The summed E-state index contributed by atoms with van der Waals surface area (Å²) in [6.07, 6.45) is 1.81. The first-order valence-corrected chi connectivity index (χ1v) is 8.41. The van der Waals surface area contributed by atoms with Gasteiger partial charge in [-0.05, 0) is 31.4 Å². The van der Waals surface area contributed by atoms with Gasteiger partial charge < -0.3 is 10.6 Å². The molecule has 21 heavy (non-hydrogen) atoms. The third-order valence-electron chi connectivity index (χ3n) is 3.68. The van der Waals surface area contributed by atoms with Crippen LogP contribution in [0, 0.1) is 6.92 Å². The van der Waals surface area contributed by atoms with Gasteiger partial charge in [-0.15, -0.1) is 11.3 Å². The van der Waals surface area contributed by atoms with Crippen LogP contribution in [0.1, 0.15) is 29.5 Å². The average Bonchev–Trinajstić information content (AvgIpc) is 2.84. The van der Waals surface area contributed by atoms with Crippen LogP contribution in [0.4, 0.5) is 5.69 Å². The van der Waals surface area contributed by atoms with Gasteiger partial charge in [-0.3, -0.25) is 0 Å². The molecule has 0 saturated heterocycles. The minimum atomic E-state index is 0.167. The molecule has 1 atom stereocenters. The molecular formula is C16H22ClN3S. The number of hydrogen-bond acceptors (Lipinski definition) is 4. The molecule has 1 aromatic carbocycles. The van der Waals surface area contributed by atoms with Gasteiger partial charge in [0.1, 0.15) is 0 Å². The fourth-order valence-electron chi connectivity index (χ4n) is 2.35. The first-order chi connectivity index (χ1) is 10.0. The van der Waals surface area contributed by atoms with Crippen molar-refractivity contribution in [1.82, 2.24) is 4.98 Å². The SMILES string of the molecule is CCC(N)Cc1cccc(Cl)c1N(C)Cc1scnc1C. The van der Waals surface area contributed by atoms with Gasteiger partial charge >= 0.3 is 0 Å². The number of para-hydroxylation sites is 1. The van der Waals surface area contributed by atoms with Gasteiger partial charge in [-0.1, -0.05) is 30.7 Å². The molecule has 0 radical (unpaired) electrons. The van der Waals surface area contributed by atoms with Crippen molar-refractivity contribution in [3.63, 3.8) is 0 Å². The molecule has 2 N–H and O–H groups in total. The number of thiazole rings is 1. The van der Waals surface area contributed by atoms with Crippen LogP contribution in [0.5, 0.6) is 0 Å². The third kappa shape index (κ3) is 3.96. The van der Waals surface area contributed by atoms with Crippen LogP contribution in [-0.2, 0) is 13.0 Å². The van der Waals surface area contributed by atoms with E-state index in [0.717, 1.165) is 35.8 Å². The van der Waals surface area contributed by atoms with Crippen molar-refractivity contribution >= 4 is 28.6 Å². The maximum Gasteiger partial charge on any atom is 0.0798 e. The van der Waals surface area contributed by atoms with Crippen LogP contribution in [0.3, 0.4) is 0 Å². The predicted molar refractivity (Wildman–Crippen MR) is 92.4 cm³/mol. The molecule has 0 amide bonds. The highest BCUT2D eigenvalue weighted by Crippen LogP contribution is 2.32. The van der Waals surface area contributed by atoms with Crippen LogP contribution < -0.4 is 10.6 Å². The highest BCUT2D eigenvalue weighted by atomic mass is 35.5. The van der Waals surface area contributed by atoms with Gasteiger partial charge in [0.25, 0.3) is 0 Å². The number of rotatable bonds is 6. The smallest absolute Gasteiger partial charge is 0.0798 e. The van der Waals surface area contributed by atoms with Gasteiger partial charge in [0, 0.05) is 18.0 Å². The number of aromatic nitrogens is 1. The van der Waals surface area contributed by atoms with E-state index in [1.165, 1.54) is 10.4 Å². The molecule has 0 bridgehead atoms. The number of anilines is 1. The summed E-state index contributed by atoms with van der Waals surface area (Å²) in [5.74, 6) is 0. The van der Waals surface area contributed by atoms with E-state index in [9.17, 15) is 0 Å². The first-order valence-electron chi connectivity index (χ1n) is 7.16. The molecule has 2 aromatic rings. The van der Waals surface area contributed by atoms with Gasteiger partial charge in [-0.25, -0.2) is 4.98 Å². The maximum atomic E-state index is 6.44. The Morgan fingerprint density at radius 3 is 2.81 bits per heavy atom. The Bertz CT molecular complexity index is 597. The molecule has 0 fully saturated rings. The van der Waals surface area contributed by atoms with E-state index in [1.807, 2.05) is 24.6 Å². The molecule has 1 unspecified atom stereocenters. The van der Waals surface area contributed by atoms with Crippen LogP contribution in [0.25, 0.3) is 0 Å². The molecule has 1 heterocycles. The van der Waals surface area contributed by atoms with Gasteiger partial charge in [0.15, 0.2) is 0 Å². The van der Waals surface area contributed by atoms with E-state index >= 15 is 0 Å². The maximum absolute atomic E-state index is 6.44. The Morgan fingerprint density at radius 2 is 2.19 bits per heavy atom. The number of aryl methyl sites for hydroxylation is 1. The van der Waals surface area contributed by atoms with Gasteiger partial charge in [0.2, 0.25) is 0 Å². The summed E-state index contributed by atoms with van der Waals surface area (Å²) in [7, 11) is 2.07. The minimum absolute atomic E-state index is 0.167. The van der Waals surface area contributed by atoms with Crippen LogP contribution in [0.2, 0.25) is 5.02 Å². The van der Waals surface area contributed by atoms with Crippen molar-refractivity contribution < 1.29 is 0 Å². The number of benzene rings is 1. The van der Waals surface area contributed by atoms with Crippen LogP contribution in [-0.4, -0.2) is 18.1 Å². The molecule has 5 heteroatoms. The van der Waals surface area contributed by atoms with Crippen molar-refractivity contribution in [1.29, 1.82) is 0 Å². The molecule has 2 rings (SSSR count). The molecule has 114 valence electrons. The molecule has 1 aromatic heterocycles. The fourth-order valence-corrected chi connectivity index (χ4v) is 3.52.